The van der Waals surface area contributed by atoms with Crippen LogP contribution in [-0.2, 0) is 9.59 Å². The summed E-state index contributed by atoms with van der Waals surface area (Å²) in [6.45, 7) is 0.897. The normalized spacial score (nSPS) is 34.3. The molecule has 0 aromatic heterocycles. The second-order valence-corrected chi connectivity index (χ2v) is 7.18. The maximum atomic E-state index is 12.8. The lowest BCUT2D eigenvalue weighted by Gasteiger charge is -2.35. The Morgan fingerprint density at radius 2 is 1.57 bits per heavy atom. The van der Waals surface area contributed by atoms with Crippen LogP contribution in [-0.4, -0.2) is 34.5 Å². The van der Waals surface area contributed by atoms with Crippen molar-refractivity contribution in [2.24, 2.45) is 17.8 Å². The molecule has 3 fully saturated rings. The number of nitrogens with zero attached hydrogens (tertiary/aromatic N) is 1. The Morgan fingerprint density at radius 3 is 2.24 bits per heavy atom. The average Bonchev–Trinajstić information content (AvgIpc) is 3.17. The minimum Gasteiger partial charge on any atom is -0.481 e. The lowest BCUT2D eigenvalue weighted by Crippen LogP contribution is -2.43. The summed E-state index contributed by atoms with van der Waals surface area (Å²) < 4.78 is 0. The first-order valence-electron chi connectivity index (χ1n) is 8.70. The van der Waals surface area contributed by atoms with Gasteiger partial charge in [-0.25, -0.2) is 0 Å². The van der Waals surface area contributed by atoms with Crippen LogP contribution in [0.2, 0.25) is 0 Å². The van der Waals surface area contributed by atoms with Crippen molar-refractivity contribution in [2.45, 2.75) is 70.3 Å². The van der Waals surface area contributed by atoms with Crippen LogP contribution in [0.5, 0.6) is 0 Å². The zero-order chi connectivity index (χ0) is 14.8. The fourth-order valence-electron chi connectivity index (χ4n) is 4.74. The number of likely N-dealkylation sites (tertiary alicyclic amines) is 1. The Hall–Kier alpha value is -1.06. The van der Waals surface area contributed by atoms with E-state index in [1.54, 1.807) is 0 Å². The van der Waals surface area contributed by atoms with E-state index in [0.29, 0.717) is 24.8 Å². The maximum Gasteiger partial charge on any atom is 0.306 e. The van der Waals surface area contributed by atoms with Crippen LogP contribution in [0.15, 0.2) is 0 Å². The second kappa shape index (κ2) is 6.37. The fraction of sp³-hybridized carbons (Fsp3) is 0.882. The van der Waals surface area contributed by atoms with Gasteiger partial charge in [0.2, 0.25) is 5.91 Å². The molecule has 0 aromatic carbocycles. The molecule has 1 saturated heterocycles. The van der Waals surface area contributed by atoms with Gasteiger partial charge in [-0.3, -0.25) is 9.59 Å². The van der Waals surface area contributed by atoms with Crippen LogP contribution in [0.1, 0.15) is 64.2 Å². The first-order chi connectivity index (χ1) is 10.2. The molecule has 3 atom stereocenters. The Kier molecular flexibility index (Phi) is 4.51. The average molecular weight is 293 g/mol. The molecular weight excluding hydrogens is 266 g/mol. The number of carbonyl (C=O) groups excluding carboxylic acids is 1. The van der Waals surface area contributed by atoms with Gasteiger partial charge in [0.15, 0.2) is 0 Å². The van der Waals surface area contributed by atoms with Gasteiger partial charge in [0.05, 0.1) is 5.92 Å². The van der Waals surface area contributed by atoms with Gasteiger partial charge in [0.25, 0.3) is 0 Å². The second-order valence-electron chi connectivity index (χ2n) is 7.18. The van der Waals surface area contributed by atoms with Crippen molar-refractivity contribution in [1.29, 1.82) is 0 Å². The lowest BCUT2D eigenvalue weighted by molar-refractivity contribution is -0.142. The SMILES string of the molecule is O=C(O)C1CCC(C(=O)N2CCCC2C2CCCCC2)C1. The molecule has 1 heterocycles. The van der Waals surface area contributed by atoms with Crippen LogP contribution in [0, 0.1) is 17.8 Å². The molecule has 0 aromatic rings. The summed E-state index contributed by atoms with van der Waals surface area (Å²) >= 11 is 0. The Labute approximate surface area is 126 Å². The van der Waals surface area contributed by atoms with Crippen molar-refractivity contribution in [2.75, 3.05) is 6.54 Å². The minimum atomic E-state index is -0.726. The van der Waals surface area contributed by atoms with E-state index in [1.165, 1.54) is 32.1 Å². The van der Waals surface area contributed by atoms with E-state index in [1.807, 2.05) is 0 Å². The third-order valence-electron chi connectivity index (χ3n) is 5.91. The molecule has 3 aliphatic rings. The van der Waals surface area contributed by atoms with Crippen LogP contribution >= 0.6 is 0 Å². The lowest BCUT2D eigenvalue weighted by atomic mass is 9.82. The number of hydrogen-bond donors (Lipinski definition) is 1. The topological polar surface area (TPSA) is 57.6 Å². The fourth-order valence-corrected chi connectivity index (χ4v) is 4.74. The highest BCUT2D eigenvalue weighted by Gasteiger charge is 2.41. The quantitative estimate of drug-likeness (QED) is 0.870. The van der Waals surface area contributed by atoms with E-state index in [-0.39, 0.29) is 17.7 Å². The highest BCUT2D eigenvalue weighted by atomic mass is 16.4. The predicted molar refractivity (Wildman–Crippen MR) is 79.8 cm³/mol. The maximum absolute atomic E-state index is 12.8. The standard InChI is InChI=1S/C17H27NO3/c19-16(13-8-9-14(11-13)17(20)21)18-10-4-7-15(18)12-5-2-1-3-6-12/h12-15H,1-11H2,(H,20,21). The van der Waals surface area contributed by atoms with Crippen LogP contribution < -0.4 is 0 Å². The molecule has 4 nitrogen and oxygen atoms in total. The summed E-state index contributed by atoms with van der Waals surface area (Å²) in [5.74, 6) is -0.103. The molecule has 1 N–H and O–H groups in total. The summed E-state index contributed by atoms with van der Waals surface area (Å²) in [6.07, 6.45) is 10.8. The molecule has 2 aliphatic carbocycles. The number of carbonyl (C=O) groups is 2. The smallest absolute Gasteiger partial charge is 0.306 e. The predicted octanol–water partition coefficient (Wildman–Crippen LogP) is 3.06. The summed E-state index contributed by atoms with van der Waals surface area (Å²) in [6, 6.07) is 0.446. The molecule has 3 rings (SSSR count). The van der Waals surface area contributed by atoms with Gasteiger partial charge < -0.3 is 10.0 Å². The van der Waals surface area contributed by atoms with E-state index < -0.39 is 5.97 Å². The van der Waals surface area contributed by atoms with Crippen LogP contribution in [0.3, 0.4) is 0 Å². The van der Waals surface area contributed by atoms with Gasteiger partial charge >= 0.3 is 5.97 Å². The monoisotopic (exact) mass is 293 g/mol. The number of rotatable bonds is 3. The van der Waals surface area contributed by atoms with Gasteiger partial charge in [0, 0.05) is 18.5 Å². The number of aliphatic carboxylic acids is 1. The zero-order valence-corrected chi connectivity index (χ0v) is 12.8. The summed E-state index contributed by atoms with van der Waals surface area (Å²) in [7, 11) is 0. The van der Waals surface area contributed by atoms with Gasteiger partial charge in [-0.05, 0) is 50.9 Å². The van der Waals surface area contributed by atoms with Crippen molar-refractivity contribution < 1.29 is 14.7 Å². The molecule has 0 radical (unpaired) electrons. The van der Waals surface area contributed by atoms with Crippen molar-refractivity contribution >= 4 is 11.9 Å². The largest absolute Gasteiger partial charge is 0.481 e. The Morgan fingerprint density at radius 1 is 0.857 bits per heavy atom. The highest BCUT2D eigenvalue weighted by Crippen LogP contribution is 2.38. The van der Waals surface area contributed by atoms with Crippen molar-refractivity contribution in [3.63, 3.8) is 0 Å². The molecule has 1 aliphatic heterocycles. The van der Waals surface area contributed by atoms with E-state index in [4.69, 9.17) is 5.11 Å². The highest BCUT2D eigenvalue weighted by molar-refractivity contribution is 5.81. The van der Waals surface area contributed by atoms with Gasteiger partial charge in [-0.1, -0.05) is 19.3 Å². The molecule has 21 heavy (non-hydrogen) atoms. The summed E-state index contributed by atoms with van der Waals surface area (Å²) in [4.78, 5) is 26.0. The van der Waals surface area contributed by atoms with Gasteiger partial charge in [-0.15, -0.1) is 0 Å². The van der Waals surface area contributed by atoms with E-state index in [9.17, 15) is 9.59 Å². The summed E-state index contributed by atoms with van der Waals surface area (Å²) in [5, 5.41) is 9.11. The first-order valence-corrected chi connectivity index (χ1v) is 8.70. The minimum absolute atomic E-state index is 0.0321. The Balaban J connectivity index is 1.62. The molecule has 4 heteroatoms. The zero-order valence-electron chi connectivity index (χ0n) is 12.8. The number of hydrogen-bond acceptors (Lipinski definition) is 2. The number of amides is 1. The first kappa shape index (κ1) is 14.9. The molecule has 1 amide bonds. The molecule has 3 unspecified atom stereocenters. The van der Waals surface area contributed by atoms with Crippen LogP contribution in [0.25, 0.3) is 0 Å². The molecule has 0 spiro atoms. The molecule has 118 valence electrons. The van der Waals surface area contributed by atoms with Gasteiger partial charge in [-0.2, -0.15) is 0 Å². The van der Waals surface area contributed by atoms with Crippen molar-refractivity contribution in [3.8, 4) is 0 Å². The Bertz CT molecular complexity index is 403. The van der Waals surface area contributed by atoms with Crippen molar-refractivity contribution in [1.82, 2.24) is 4.90 Å². The van der Waals surface area contributed by atoms with Crippen LogP contribution in [0.4, 0.5) is 0 Å². The molecule has 2 saturated carbocycles. The molecule has 0 bridgehead atoms. The molecular formula is C17H27NO3. The van der Waals surface area contributed by atoms with E-state index in [0.717, 1.165) is 25.8 Å². The number of carboxylic acid groups (broad SMARTS) is 1. The van der Waals surface area contributed by atoms with E-state index in [2.05, 4.69) is 4.90 Å². The van der Waals surface area contributed by atoms with E-state index >= 15 is 0 Å². The summed E-state index contributed by atoms with van der Waals surface area (Å²) in [5.41, 5.74) is 0. The third kappa shape index (κ3) is 3.09. The van der Waals surface area contributed by atoms with Gasteiger partial charge in [0.1, 0.15) is 0 Å². The van der Waals surface area contributed by atoms with Crippen molar-refractivity contribution in [3.05, 3.63) is 0 Å². The third-order valence-corrected chi connectivity index (χ3v) is 5.91. The number of carboxylic acids is 1.